The summed E-state index contributed by atoms with van der Waals surface area (Å²) in [4.78, 5) is 22.8. The summed E-state index contributed by atoms with van der Waals surface area (Å²) < 4.78 is 19.6. The maximum Gasteiger partial charge on any atom is 0.339 e. The molecule has 1 fully saturated rings. The third-order valence-electron chi connectivity index (χ3n) is 5.88. The molecule has 166 valence electrons. The number of rotatable bonds is 8. The Morgan fingerprint density at radius 3 is 2.75 bits per heavy atom. The average molecular weight is 435 g/mol. The summed E-state index contributed by atoms with van der Waals surface area (Å²) in [6.45, 7) is 3.10. The number of hydrogen-bond donors (Lipinski definition) is 1. The molecule has 32 heavy (non-hydrogen) atoms. The van der Waals surface area contributed by atoms with Gasteiger partial charge in [0, 0.05) is 12.7 Å². The molecule has 4 rings (SSSR count). The van der Waals surface area contributed by atoms with E-state index in [4.69, 9.17) is 4.74 Å². The lowest BCUT2D eigenvalue weighted by molar-refractivity contribution is 0.0694. The van der Waals surface area contributed by atoms with Crippen LogP contribution in [0.25, 0.3) is 0 Å². The van der Waals surface area contributed by atoms with Crippen molar-refractivity contribution in [2.45, 2.75) is 38.6 Å². The minimum absolute atomic E-state index is 0.00509. The van der Waals surface area contributed by atoms with Gasteiger partial charge in [0.15, 0.2) is 11.6 Å². The number of carbonyl (C=O) groups is 1. The van der Waals surface area contributed by atoms with Gasteiger partial charge in [-0.05, 0) is 55.9 Å². The van der Waals surface area contributed by atoms with Crippen molar-refractivity contribution in [3.8, 4) is 5.75 Å². The highest BCUT2D eigenvalue weighted by molar-refractivity contribution is 5.88. The largest absolute Gasteiger partial charge is 0.488 e. The second kappa shape index (κ2) is 9.77. The highest BCUT2D eigenvalue weighted by atomic mass is 19.1. The van der Waals surface area contributed by atoms with Crippen LogP contribution in [0.5, 0.6) is 5.75 Å². The predicted octanol–water partition coefficient (Wildman–Crippen LogP) is 4.46. The van der Waals surface area contributed by atoms with Gasteiger partial charge in [-0.2, -0.15) is 0 Å². The van der Waals surface area contributed by atoms with Crippen LogP contribution in [0, 0.1) is 12.7 Å². The van der Waals surface area contributed by atoms with Crippen LogP contribution in [0.15, 0.2) is 54.7 Å². The van der Waals surface area contributed by atoms with Crippen LogP contribution in [-0.2, 0) is 12.8 Å². The number of aromatic carboxylic acids is 1. The van der Waals surface area contributed by atoms with Crippen LogP contribution >= 0.6 is 0 Å². The Morgan fingerprint density at radius 2 is 1.97 bits per heavy atom. The van der Waals surface area contributed by atoms with E-state index in [9.17, 15) is 14.3 Å². The van der Waals surface area contributed by atoms with Crippen molar-refractivity contribution in [3.63, 3.8) is 0 Å². The molecule has 3 aromatic rings. The molecule has 6 nitrogen and oxygen atoms in total. The Balaban J connectivity index is 1.52. The van der Waals surface area contributed by atoms with E-state index < -0.39 is 11.8 Å². The molecule has 1 saturated heterocycles. The van der Waals surface area contributed by atoms with Crippen molar-refractivity contribution in [3.05, 3.63) is 82.9 Å². The molecule has 1 aliphatic heterocycles. The summed E-state index contributed by atoms with van der Waals surface area (Å²) >= 11 is 0. The van der Waals surface area contributed by atoms with Crippen molar-refractivity contribution >= 4 is 11.9 Å². The SMILES string of the molecule is Cc1ccccc1CCc1nc(N2CCC[C@H]2COc2ccccc2F)ncc1C(=O)O. The average Bonchev–Trinajstić information content (AvgIpc) is 3.26. The zero-order valence-electron chi connectivity index (χ0n) is 18.0. The van der Waals surface area contributed by atoms with E-state index in [1.807, 2.05) is 30.0 Å². The van der Waals surface area contributed by atoms with E-state index in [2.05, 4.69) is 16.0 Å². The van der Waals surface area contributed by atoms with Crippen molar-refractivity contribution in [1.82, 2.24) is 9.97 Å². The van der Waals surface area contributed by atoms with E-state index in [0.717, 1.165) is 19.4 Å². The lowest BCUT2D eigenvalue weighted by atomic mass is 10.0. The number of nitrogens with zero attached hydrogens (tertiary/aromatic N) is 3. The molecular formula is C25H26FN3O3. The van der Waals surface area contributed by atoms with Gasteiger partial charge in [0.25, 0.3) is 0 Å². The molecule has 7 heteroatoms. The number of aryl methyl sites for hydroxylation is 3. The molecule has 0 amide bonds. The number of para-hydroxylation sites is 1. The molecule has 1 N–H and O–H groups in total. The summed E-state index contributed by atoms with van der Waals surface area (Å²) in [5, 5.41) is 9.61. The van der Waals surface area contributed by atoms with E-state index in [0.29, 0.717) is 31.1 Å². The molecule has 0 bridgehead atoms. The van der Waals surface area contributed by atoms with E-state index in [1.165, 1.54) is 23.4 Å². The Hall–Kier alpha value is -3.48. The molecule has 0 saturated carbocycles. The van der Waals surface area contributed by atoms with Crippen molar-refractivity contribution in [1.29, 1.82) is 0 Å². The minimum atomic E-state index is -1.03. The van der Waals surface area contributed by atoms with E-state index in [1.54, 1.807) is 18.2 Å². The molecule has 1 aromatic heterocycles. The summed E-state index contributed by atoms with van der Waals surface area (Å²) in [6.07, 6.45) is 4.41. The molecule has 0 unspecified atom stereocenters. The molecule has 2 aromatic carbocycles. The third kappa shape index (κ3) is 4.88. The monoisotopic (exact) mass is 435 g/mol. The van der Waals surface area contributed by atoms with Crippen LogP contribution < -0.4 is 9.64 Å². The number of anilines is 1. The van der Waals surface area contributed by atoms with Crippen molar-refractivity contribution in [2.24, 2.45) is 0 Å². The normalized spacial score (nSPS) is 15.7. The quantitative estimate of drug-likeness (QED) is 0.563. The van der Waals surface area contributed by atoms with Crippen LogP contribution in [0.3, 0.4) is 0 Å². The lowest BCUT2D eigenvalue weighted by Gasteiger charge is -2.25. The zero-order chi connectivity index (χ0) is 22.5. The summed E-state index contributed by atoms with van der Waals surface area (Å²) in [5.41, 5.74) is 2.98. The number of aromatic nitrogens is 2. The van der Waals surface area contributed by atoms with E-state index in [-0.39, 0.29) is 17.4 Å². The lowest BCUT2D eigenvalue weighted by Crippen LogP contribution is -2.35. The first-order chi connectivity index (χ1) is 15.5. The third-order valence-corrected chi connectivity index (χ3v) is 5.88. The second-order valence-corrected chi connectivity index (χ2v) is 7.99. The number of ether oxygens (including phenoxy) is 1. The van der Waals surface area contributed by atoms with Gasteiger partial charge in [-0.3, -0.25) is 0 Å². The number of carboxylic acid groups (broad SMARTS) is 1. The highest BCUT2D eigenvalue weighted by Crippen LogP contribution is 2.25. The molecule has 1 atom stereocenters. The molecule has 2 heterocycles. The van der Waals surface area contributed by atoms with Gasteiger partial charge in [-0.25, -0.2) is 19.2 Å². The first-order valence-corrected chi connectivity index (χ1v) is 10.8. The van der Waals surface area contributed by atoms with Crippen LogP contribution in [0.1, 0.15) is 40.0 Å². The van der Waals surface area contributed by atoms with Gasteiger partial charge in [-0.15, -0.1) is 0 Å². The fourth-order valence-electron chi connectivity index (χ4n) is 4.08. The van der Waals surface area contributed by atoms with Gasteiger partial charge in [-0.1, -0.05) is 36.4 Å². The molecule has 0 aliphatic carbocycles. The summed E-state index contributed by atoms with van der Waals surface area (Å²) in [5.74, 6) is -0.704. The van der Waals surface area contributed by atoms with Crippen molar-refractivity contribution in [2.75, 3.05) is 18.1 Å². The standard InChI is InChI=1S/C25H26FN3O3/c1-17-7-2-3-8-18(17)12-13-22-20(24(30)31)15-27-25(28-22)29-14-6-9-19(29)16-32-23-11-5-4-10-21(23)26/h2-5,7-8,10-11,15,19H,6,9,12-14,16H2,1H3,(H,30,31)/t19-/m0/s1. The number of benzene rings is 2. The Kier molecular flexibility index (Phi) is 6.63. The minimum Gasteiger partial charge on any atom is -0.488 e. The maximum absolute atomic E-state index is 13.9. The fourth-order valence-corrected chi connectivity index (χ4v) is 4.08. The summed E-state index contributed by atoms with van der Waals surface area (Å²) in [7, 11) is 0. The van der Waals surface area contributed by atoms with Crippen molar-refractivity contribution < 1.29 is 19.0 Å². The predicted molar refractivity (Wildman–Crippen MR) is 120 cm³/mol. The molecule has 1 aliphatic rings. The first-order valence-electron chi connectivity index (χ1n) is 10.8. The number of halogens is 1. The molecular weight excluding hydrogens is 409 g/mol. The summed E-state index contributed by atoms with van der Waals surface area (Å²) in [6, 6.07) is 14.4. The van der Waals surface area contributed by atoms with Gasteiger partial charge in [0.1, 0.15) is 6.61 Å². The maximum atomic E-state index is 13.9. The highest BCUT2D eigenvalue weighted by Gasteiger charge is 2.28. The van der Waals surface area contributed by atoms with E-state index >= 15 is 0 Å². The first kappa shape index (κ1) is 21.7. The second-order valence-electron chi connectivity index (χ2n) is 7.99. The number of carboxylic acids is 1. The topological polar surface area (TPSA) is 75.5 Å². The van der Waals surface area contributed by atoms with Gasteiger partial charge < -0.3 is 14.7 Å². The van der Waals surface area contributed by atoms with Gasteiger partial charge in [0.2, 0.25) is 5.95 Å². The van der Waals surface area contributed by atoms with Gasteiger partial charge >= 0.3 is 5.97 Å². The number of hydrogen-bond acceptors (Lipinski definition) is 5. The molecule has 0 spiro atoms. The van der Waals surface area contributed by atoms with Crippen LogP contribution in [-0.4, -0.2) is 40.2 Å². The van der Waals surface area contributed by atoms with Gasteiger partial charge in [0.05, 0.1) is 17.3 Å². The van der Waals surface area contributed by atoms with Crippen LogP contribution in [0.2, 0.25) is 0 Å². The Morgan fingerprint density at radius 1 is 1.19 bits per heavy atom. The Bertz CT molecular complexity index is 1110. The smallest absolute Gasteiger partial charge is 0.339 e. The fraction of sp³-hybridized carbons (Fsp3) is 0.320. The zero-order valence-corrected chi connectivity index (χ0v) is 18.0. The molecule has 0 radical (unpaired) electrons. The Labute approximate surface area is 186 Å². The van der Waals surface area contributed by atoms with Crippen LogP contribution in [0.4, 0.5) is 10.3 Å².